The molecule has 0 atom stereocenters. The lowest BCUT2D eigenvalue weighted by atomic mass is 10.6. The molecule has 1 amide bonds. The Bertz CT molecular complexity index is 243. The first kappa shape index (κ1) is 21.2. The van der Waals surface area contributed by atoms with Gasteiger partial charge in [0.05, 0.1) is 52.9 Å². The van der Waals surface area contributed by atoms with Gasteiger partial charge in [0, 0.05) is 20.2 Å². The van der Waals surface area contributed by atoms with Gasteiger partial charge in [0.25, 0.3) is 0 Å². The lowest BCUT2D eigenvalue weighted by molar-refractivity contribution is -0.126. The maximum absolute atomic E-state index is 11.4. The fraction of sp³-hybridized carbons (Fsp3) is 0.929. The molecular formula is C14H30N2O6. The molecule has 0 saturated heterocycles. The van der Waals surface area contributed by atoms with Gasteiger partial charge in [-0.3, -0.25) is 4.79 Å². The molecule has 0 radical (unpaired) electrons. The normalized spacial score (nSPS) is 10.8. The summed E-state index contributed by atoms with van der Waals surface area (Å²) in [6, 6.07) is 0. The monoisotopic (exact) mass is 322 g/mol. The van der Waals surface area contributed by atoms with Crippen molar-refractivity contribution >= 4 is 5.91 Å². The van der Waals surface area contributed by atoms with E-state index in [1.165, 1.54) is 0 Å². The minimum absolute atomic E-state index is 0.0372. The fourth-order valence-corrected chi connectivity index (χ4v) is 1.34. The van der Waals surface area contributed by atoms with Gasteiger partial charge in [-0.2, -0.15) is 0 Å². The average Bonchev–Trinajstić information content (AvgIpc) is 2.52. The molecule has 8 heteroatoms. The van der Waals surface area contributed by atoms with E-state index in [9.17, 15) is 4.79 Å². The predicted octanol–water partition coefficient (Wildman–Crippen LogP) is -0.965. The zero-order valence-electron chi connectivity index (χ0n) is 13.7. The number of methoxy groups -OCH3 is 1. The lowest BCUT2D eigenvalue weighted by Crippen LogP contribution is -2.31. The van der Waals surface area contributed by atoms with E-state index in [0.29, 0.717) is 59.4 Å². The fourth-order valence-electron chi connectivity index (χ4n) is 1.34. The highest BCUT2D eigenvalue weighted by molar-refractivity contribution is 5.77. The molecule has 0 aliphatic rings. The summed E-state index contributed by atoms with van der Waals surface area (Å²) in [5.74, 6) is -0.157. The smallest absolute Gasteiger partial charge is 0.246 e. The zero-order chi connectivity index (χ0) is 16.3. The largest absolute Gasteiger partial charge is 0.382 e. The molecule has 0 fully saturated rings. The number of carbonyl (C=O) groups excluding carboxylic acids is 1. The summed E-state index contributed by atoms with van der Waals surface area (Å²) in [6.07, 6.45) is 0. The van der Waals surface area contributed by atoms with E-state index in [0.717, 1.165) is 6.54 Å². The minimum Gasteiger partial charge on any atom is -0.382 e. The topological polar surface area (TPSA) is 87.3 Å². The maximum atomic E-state index is 11.4. The van der Waals surface area contributed by atoms with E-state index in [1.54, 1.807) is 7.11 Å². The van der Waals surface area contributed by atoms with Crippen molar-refractivity contribution in [1.29, 1.82) is 0 Å². The van der Waals surface area contributed by atoms with Gasteiger partial charge in [-0.05, 0) is 7.05 Å². The van der Waals surface area contributed by atoms with E-state index in [1.807, 2.05) is 7.05 Å². The minimum atomic E-state index is -0.157. The molecule has 0 heterocycles. The van der Waals surface area contributed by atoms with E-state index in [-0.39, 0.29) is 12.5 Å². The van der Waals surface area contributed by atoms with Crippen LogP contribution < -0.4 is 10.6 Å². The molecule has 0 aliphatic carbocycles. The number of hydrogen-bond acceptors (Lipinski definition) is 7. The first-order valence-corrected chi connectivity index (χ1v) is 7.52. The number of nitrogens with one attached hydrogen (secondary N) is 2. The molecule has 8 nitrogen and oxygen atoms in total. The van der Waals surface area contributed by atoms with Gasteiger partial charge in [0.15, 0.2) is 0 Å². The molecule has 0 saturated carbocycles. The lowest BCUT2D eigenvalue weighted by Gasteiger charge is -2.08. The van der Waals surface area contributed by atoms with Gasteiger partial charge in [0.1, 0.15) is 6.61 Å². The predicted molar refractivity (Wildman–Crippen MR) is 82.1 cm³/mol. The standard InChI is InChI=1S/C14H30N2O6/c1-15-3-5-19-11-12-22-13-14(17)16-4-6-20-9-10-21-8-7-18-2/h15H,3-13H2,1-2H3,(H,16,17). The Hall–Kier alpha value is -0.770. The molecule has 22 heavy (non-hydrogen) atoms. The molecule has 0 unspecified atom stereocenters. The van der Waals surface area contributed by atoms with Crippen molar-refractivity contribution in [3.63, 3.8) is 0 Å². The molecule has 0 aliphatic heterocycles. The van der Waals surface area contributed by atoms with Crippen molar-refractivity contribution < 1.29 is 28.5 Å². The number of hydrogen-bond donors (Lipinski definition) is 2. The van der Waals surface area contributed by atoms with Gasteiger partial charge in [-0.15, -0.1) is 0 Å². The van der Waals surface area contributed by atoms with Gasteiger partial charge < -0.3 is 34.3 Å². The summed E-state index contributed by atoms with van der Waals surface area (Å²) in [6.45, 7) is 5.45. The van der Waals surface area contributed by atoms with Crippen LogP contribution in [0.5, 0.6) is 0 Å². The molecule has 2 N–H and O–H groups in total. The first-order valence-electron chi connectivity index (χ1n) is 7.52. The average molecular weight is 322 g/mol. The van der Waals surface area contributed by atoms with E-state index >= 15 is 0 Å². The molecule has 0 aromatic heterocycles. The van der Waals surface area contributed by atoms with E-state index in [2.05, 4.69) is 10.6 Å². The van der Waals surface area contributed by atoms with Gasteiger partial charge in [-0.25, -0.2) is 0 Å². The second-order valence-electron chi connectivity index (χ2n) is 4.34. The van der Waals surface area contributed by atoms with E-state index in [4.69, 9.17) is 23.7 Å². The number of rotatable bonds is 17. The number of carbonyl (C=O) groups is 1. The number of ether oxygens (including phenoxy) is 5. The molecule has 132 valence electrons. The summed E-state index contributed by atoms with van der Waals surface area (Å²) in [5, 5.41) is 5.68. The second kappa shape index (κ2) is 18.3. The Kier molecular flexibility index (Phi) is 17.6. The van der Waals surface area contributed by atoms with Crippen LogP contribution in [0.4, 0.5) is 0 Å². The third kappa shape index (κ3) is 17.3. The Morgan fingerprint density at radius 3 is 1.95 bits per heavy atom. The summed E-state index contributed by atoms with van der Waals surface area (Å²) >= 11 is 0. The number of amides is 1. The maximum Gasteiger partial charge on any atom is 0.246 e. The van der Waals surface area contributed by atoms with Crippen LogP contribution in [0.2, 0.25) is 0 Å². The highest BCUT2D eigenvalue weighted by Crippen LogP contribution is 1.81. The van der Waals surface area contributed by atoms with Crippen LogP contribution in [0.1, 0.15) is 0 Å². The molecule has 0 aromatic carbocycles. The van der Waals surface area contributed by atoms with Crippen LogP contribution in [-0.2, 0) is 28.5 Å². The number of likely N-dealkylation sites (N-methyl/N-ethyl adjacent to an activating group) is 1. The van der Waals surface area contributed by atoms with Crippen molar-refractivity contribution in [2.45, 2.75) is 0 Å². The van der Waals surface area contributed by atoms with Crippen molar-refractivity contribution in [2.75, 3.05) is 86.7 Å². The molecule has 0 bridgehead atoms. The highest BCUT2D eigenvalue weighted by Gasteiger charge is 2.00. The van der Waals surface area contributed by atoms with Crippen LogP contribution in [-0.4, -0.2) is 92.6 Å². The van der Waals surface area contributed by atoms with E-state index < -0.39 is 0 Å². The Labute approximate surface area is 132 Å². The van der Waals surface area contributed by atoms with Gasteiger partial charge >= 0.3 is 0 Å². The Morgan fingerprint density at radius 2 is 1.32 bits per heavy atom. The van der Waals surface area contributed by atoms with Crippen LogP contribution >= 0.6 is 0 Å². The van der Waals surface area contributed by atoms with Crippen LogP contribution in [0, 0.1) is 0 Å². The van der Waals surface area contributed by atoms with Crippen LogP contribution in [0.25, 0.3) is 0 Å². The van der Waals surface area contributed by atoms with Crippen LogP contribution in [0.3, 0.4) is 0 Å². The zero-order valence-corrected chi connectivity index (χ0v) is 13.7. The Morgan fingerprint density at radius 1 is 0.773 bits per heavy atom. The van der Waals surface area contributed by atoms with Gasteiger partial charge in [0.2, 0.25) is 5.91 Å². The summed E-state index contributed by atoms with van der Waals surface area (Å²) in [4.78, 5) is 11.4. The summed E-state index contributed by atoms with van der Waals surface area (Å²) in [7, 11) is 3.49. The summed E-state index contributed by atoms with van der Waals surface area (Å²) < 4.78 is 25.8. The third-order valence-electron chi connectivity index (χ3n) is 2.47. The first-order chi connectivity index (χ1) is 10.8. The molecule has 0 rings (SSSR count). The second-order valence-corrected chi connectivity index (χ2v) is 4.34. The van der Waals surface area contributed by atoms with Gasteiger partial charge in [-0.1, -0.05) is 0 Å². The quantitative estimate of drug-likeness (QED) is 0.333. The van der Waals surface area contributed by atoms with Crippen molar-refractivity contribution in [1.82, 2.24) is 10.6 Å². The van der Waals surface area contributed by atoms with Crippen molar-refractivity contribution in [3.8, 4) is 0 Å². The molecule has 0 aromatic rings. The third-order valence-corrected chi connectivity index (χ3v) is 2.47. The highest BCUT2D eigenvalue weighted by atomic mass is 16.5. The SMILES string of the molecule is CNCCOCCOCC(=O)NCCOCCOCCOC. The summed E-state index contributed by atoms with van der Waals surface area (Å²) in [5.41, 5.74) is 0. The van der Waals surface area contributed by atoms with Crippen LogP contribution in [0.15, 0.2) is 0 Å². The van der Waals surface area contributed by atoms with Crippen molar-refractivity contribution in [3.05, 3.63) is 0 Å². The molecular weight excluding hydrogens is 292 g/mol. The Balaban J connectivity index is 3.13. The molecule has 0 spiro atoms. The van der Waals surface area contributed by atoms with Crippen molar-refractivity contribution in [2.24, 2.45) is 0 Å².